The summed E-state index contributed by atoms with van der Waals surface area (Å²) in [7, 11) is 7.84. The van der Waals surface area contributed by atoms with Gasteiger partial charge >= 0.3 is 0 Å². The summed E-state index contributed by atoms with van der Waals surface area (Å²) < 4.78 is 26.6. The van der Waals surface area contributed by atoms with Gasteiger partial charge in [-0.3, -0.25) is 4.79 Å². The molecule has 0 fully saturated rings. The molecule has 29 heavy (non-hydrogen) atoms. The normalized spacial score (nSPS) is 11.8. The van der Waals surface area contributed by atoms with Crippen molar-refractivity contribution in [1.29, 1.82) is 0 Å². The van der Waals surface area contributed by atoms with E-state index in [2.05, 4.69) is 5.32 Å². The van der Waals surface area contributed by atoms with Crippen LogP contribution in [0, 0.1) is 0 Å². The smallest absolute Gasteiger partial charge is 0.244 e. The molecule has 2 aromatic rings. The molecule has 1 amide bonds. The van der Waals surface area contributed by atoms with Crippen LogP contribution in [-0.2, 0) is 9.53 Å². The van der Waals surface area contributed by atoms with Gasteiger partial charge < -0.3 is 29.0 Å². The van der Waals surface area contributed by atoms with Crippen molar-refractivity contribution in [2.75, 3.05) is 42.1 Å². The molecule has 0 aliphatic heterocycles. The second-order valence-corrected chi connectivity index (χ2v) is 6.03. The predicted octanol–water partition coefficient (Wildman–Crippen LogP) is 3.24. The summed E-state index contributed by atoms with van der Waals surface area (Å²) in [6.07, 6.45) is 2.86. The van der Waals surface area contributed by atoms with Gasteiger partial charge in [0.05, 0.1) is 34.5 Å². The maximum absolute atomic E-state index is 12.2. The van der Waals surface area contributed by atoms with E-state index in [9.17, 15) is 4.79 Å². The van der Waals surface area contributed by atoms with E-state index in [1.54, 1.807) is 53.8 Å². The summed E-state index contributed by atoms with van der Waals surface area (Å²) in [5.41, 5.74) is 1.69. The van der Waals surface area contributed by atoms with Crippen molar-refractivity contribution >= 4 is 12.0 Å². The van der Waals surface area contributed by atoms with Crippen LogP contribution in [-0.4, -0.2) is 48.0 Å². The third kappa shape index (κ3) is 5.89. The summed E-state index contributed by atoms with van der Waals surface area (Å²) in [6, 6.07) is 11.1. The molecular weight excluding hydrogens is 374 g/mol. The number of rotatable bonds is 10. The molecule has 0 spiro atoms. The minimum atomic E-state index is -0.264. The largest absolute Gasteiger partial charge is 0.497 e. The quantitative estimate of drug-likeness (QED) is 0.616. The van der Waals surface area contributed by atoms with Crippen LogP contribution in [0.15, 0.2) is 42.5 Å². The summed E-state index contributed by atoms with van der Waals surface area (Å²) in [6.45, 7) is 0.335. The van der Waals surface area contributed by atoms with Crippen molar-refractivity contribution < 1.29 is 28.5 Å². The Bertz CT molecular complexity index is 807. The minimum absolute atomic E-state index is 0.241. The van der Waals surface area contributed by atoms with Crippen molar-refractivity contribution in [3.05, 3.63) is 53.6 Å². The van der Waals surface area contributed by atoms with E-state index >= 15 is 0 Å². The van der Waals surface area contributed by atoms with Gasteiger partial charge in [0.1, 0.15) is 5.75 Å². The van der Waals surface area contributed by atoms with Crippen LogP contribution in [0.25, 0.3) is 6.08 Å². The molecule has 1 N–H and O–H groups in total. The van der Waals surface area contributed by atoms with Crippen molar-refractivity contribution in [2.45, 2.75) is 6.10 Å². The van der Waals surface area contributed by atoms with Gasteiger partial charge in [-0.2, -0.15) is 0 Å². The van der Waals surface area contributed by atoms with Crippen molar-refractivity contribution in [3.8, 4) is 23.0 Å². The summed E-state index contributed by atoms with van der Waals surface area (Å²) in [5.74, 6) is 2.06. The second-order valence-electron chi connectivity index (χ2n) is 6.03. The van der Waals surface area contributed by atoms with E-state index in [4.69, 9.17) is 23.7 Å². The van der Waals surface area contributed by atoms with E-state index in [0.29, 0.717) is 23.8 Å². The van der Waals surface area contributed by atoms with Gasteiger partial charge in [-0.05, 0) is 41.5 Å². The maximum atomic E-state index is 12.2. The lowest BCUT2D eigenvalue weighted by atomic mass is 10.1. The summed E-state index contributed by atoms with van der Waals surface area (Å²) >= 11 is 0. The zero-order valence-corrected chi connectivity index (χ0v) is 17.4. The molecular formula is C22H27NO6. The number of carbonyl (C=O) groups is 1. The Morgan fingerprint density at radius 1 is 0.931 bits per heavy atom. The van der Waals surface area contributed by atoms with Crippen molar-refractivity contribution in [3.63, 3.8) is 0 Å². The predicted molar refractivity (Wildman–Crippen MR) is 111 cm³/mol. The lowest BCUT2D eigenvalue weighted by Gasteiger charge is -2.16. The topological polar surface area (TPSA) is 75.3 Å². The van der Waals surface area contributed by atoms with Gasteiger partial charge in [0.15, 0.2) is 11.5 Å². The molecule has 2 aromatic carbocycles. The fraction of sp³-hybridized carbons (Fsp3) is 0.318. The third-order valence-corrected chi connectivity index (χ3v) is 4.35. The number of hydrogen-bond donors (Lipinski definition) is 1. The lowest BCUT2D eigenvalue weighted by Crippen LogP contribution is -2.27. The number of carbonyl (C=O) groups excluding carboxylic acids is 1. The molecule has 0 aliphatic rings. The highest BCUT2D eigenvalue weighted by molar-refractivity contribution is 5.91. The highest BCUT2D eigenvalue weighted by Crippen LogP contribution is 2.38. The zero-order valence-electron chi connectivity index (χ0n) is 17.4. The maximum Gasteiger partial charge on any atom is 0.244 e. The Kier molecular flexibility index (Phi) is 8.36. The average molecular weight is 401 g/mol. The van der Waals surface area contributed by atoms with Gasteiger partial charge in [0, 0.05) is 19.7 Å². The Morgan fingerprint density at radius 3 is 2.03 bits per heavy atom. The fourth-order valence-electron chi connectivity index (χ4n) is 2.78. The van der Waals surface area contributed by atoms with Gasteiger partial charge in [-0.15, -0.1) is 0 Å². The van der Waals surface area contributed by atoms with Crippen LogP contribution >= 0.6 is 0 Å². The minimum Gasteiger partial charge on any atom is -0.497 e. The first-order valence-electron chi connectivity index (χ1n) is 8.98. The highest BCUT2D eigenvalue weighted by Gasteiger charge is 2.13. The number of ether oxygens (including phenoxy) is 5. The molecule has 2 rings (SSSR count). The molecule has 0 unspecified atom stereocenters. The van der Waals surface area contributed by atoms with Crippen molar-refractivity contribution in [2.24, 2.45) is 0 Å². The Labute approximate surface area is 171 Å². The lowest BCUT2D eigenvalue weighted by molar-refractivity contribution is -0.117. The monoisotopic (exact) mass is 401 g/mol. The zero-order chi connectivity index (χ0) is 21.2. The average Bonchev–Trinajstić information content (AvgIpc) is 2.77. The third-order valence-electron chi connectivity index (χ3n) is 4.35. The van der Waals surface area contributed by atoms with Crippen LogP contribution in [0.1, 0.15) is 17.2 Å². The highest BCUT2D eigenvalue weighted by atomic mass is 16.5. The SMILES string of the molecule is COc1ccc([C@@H](CNC(=O)/C=C/c2cc(OC)c(OC)c(OC)c2)OC)cc1. The number of amides is 1. The molecule has 0 aliphatic carbocycles. The van der Waals surface area contributed by atoms with Crippen LogP contribution in [0.3, 0.4) is 0 Å². The molecule has 156 valence electrons. The van der Waals surface area contributed by atoms with Crippen LogP contribution in [0.5, 0.6) is 23.0 Å². The summed E-state index contributed by atoms with van der Waals surface area (Å²) in [5, 5.41) is 2.84. The van der Waals surface area contributed by atoms with E-state index in [1.807, 2.05) is 24.3 Å². The van der Waals surface area contributed by atoms with Crippen LogP contribution < -0.4 is 24.3 Å². The van der Waals surface area contributed by atoms with Crippen LogP contribution in [0.2, 0.25) is 0 Å². The fourth-order valence-corrected chi connectivity index (χ4v) is 2.78. The van der Waals surface area contributed by atoms with Crippen molar-refractivity contribution in [1.82, 2.24) is 5.32 Å². The molecule has 0 heterocycles. The summed E-state index contributed by atoms with van der Waals surface area (Å²) in [4.78, 5) is 12.2. The first-order valence-corrected chi connectivity index (χ1v) is 8.98. The Morgan fingerprint density at radius 2 is 1.55 bits per heavy atom. The first kappa shape index (κ1) is 22.1. The molecule has 7 nitrogen and oxygen atoms in total. The number of nitrogens with one attached hydrogen (secondary N) is 1. The molecule has 7 heteroatoms. The van der Waals surface area contributed by atoms with Gasteiger partial charge in [-0.25, -0.2) is 0 Å². The number of benzene rings is 2. The Balaban J connectivity index is 2.03. The van der Waals surface area contributed by atoms with E-state index in [1.165, 1.54) is 6.08 Å². The molecule has 0 saturated heterocycles. The van der Waals surface area contributed by atoms with E-state index in [0.717, 1.165) is 16.9 Å². The van der Waals surface area contributed by atoms with Gasteiger partial charge in [-0.1, -0.05) is 12.1 Å². The first-order chi connectivity index (χ1) is 14.1. The molecule has 0 radical (unpaired) electrons. The molecule has 0 aromatic heterocycles. The second kappa shape index (κ2) is 11.0. The Hall–Kier alpha value is -3.19. The molecule has 0 bridgehead atoms. The van der Waals surface area contributed by atoms with Gasteiger partial charge in [0.2, 0.25) is 11.7 Å². The number of hydrogen-bond acceptors (Lipinski definition) is 6. The molecule has 0 saturated carbocycles. The molecule has 1 atom stereocenters. The standard InChI is InChI=1S/C22H27NO6/c1-25-17-9-7-16(8-10-17)20(28-4)14-23-21(24)11-6-15-12-18(26-2)22(29-5)19(13-15)27-3/h6-13,20H,14H2,1-5H3,(H,23,24)/b11-6+/t20-/m1/s1. The van der Waals surface area contributed by atoms with E-state index < -0.39 is 0 Å². The number of methoxy groups -OCH3 is 5. The van der Waals surface area contributed by atoms with Crippen LogP contribution in [0.4, 0.5) is 0 Å². The van der Waals surface area contributed by atoms with E-state index in [-0.39, 0.29) is 12.0 Å². The van der Waals surface area contributed by atoms with Gasteiger partial charge in [0.25, 0.3) is 0 Å².